The molecule has 0 bridgehead atoms. The maximum Gasteiger partial charge on any atom is 0.127 e. The first-order valence-corrected chi connectivity index (χ1v) is 7.34. The van der Waals surface area contributed by atoms with E-state index in [0.717, 1.165) is 32.6 Å². The van der Waals surface area contributed by atoms with Crippen LogP contribution in [0.5, 0.6) is 0 Å². The van der Waals surface area contributed by atoms with Gasteiger partial charge in [0.25, 0.3) is 0 Å². The molecule has 0 aromatic heterocycles. The molecular formula is C15H21ClFNO. The summed E-state index contributed by atoms with van der Waals surface area (Å²) < 4.78 is 19.3. The van der Waals surface area contributed by atoms with Gasteiger partial charge in [0.05, 0.1) is 0 Å². The topological polar surface area (TPSA) is 21.3 Å². The summed E-state index contributed by atoms with van der Waals surface area (Å²) in [5.41, 5.74) is 0.626. The van der Waals surface area contributed by atoms with E-state index in [1.807, 2.05) is 0 Å². The number of rotatable bonds is 5. The van der Waals surface area contributed by atoms with Crippen LogP contribution in [0.4, 0.5) is 4.39 Å². The third kappa shape index (κ3) is 3.91. The molecule has 19 heavy (non-hydrogen) atoms. The lowest BCUT2D eigenvalue weighted by Crippen LogP contribution is -2.40. The van der Waals surface area contributed by atoms with Crippen molar-refractivity contribution in [3.63, 3.8) is 0 Å². The van der Waals surface area contributed by atoms with Gasteiger partial charge in [-0.3, -0.25) is 0 Å². The molecule has 2 nitrogen and oxygen atoms in total. The van der Waals surface area contributed by atoms with Gasteiger partial charge in [-0.15, -0.1) is 0 Å². The first-order chi connectivity index (χ1) is 9.22. The van der Waals surface area contributed by atoms with Crippen LogP contribution in [-0.2, 0) is 11.2 Å². The maximum atomic E-state index is 13.9. The molecule has 1 fully saturated rings. The zero-order chi connectivity index (χ0) is 13.7. The van der Waals surface area contributed by atoms with Crippen molar-refractivity contribution >= 4 is 11.6 Å². The second-order valence-corrected chi connectivity index (χ2v) is 5.43. The van der Waals surface area contributed by atoms with Gasteiger partial charge in [-0.25, -0.2) is 4.39 Å². The molecule has 1 aliphatic heterocycles. The highest BCUT2D eigenvalue weighted by Crippen LogP contribution is 2.26. The molecule has 2 rings (SSSR count). The van der Waals surface area contributed by atoms with Crippen LogP contribution >= 0.6 is 11.6 Å². The number of nitrogens with one attached hydrogen (secondary N) is 1. The number of hydrogen-bond acceptors (Lipinski definition) is 2. The quantitative estimate of drug-likeness (QED) is 0.895. The third-order valence-corrected chi connectivity index (χ3v) is 4.14. The normalized spacial score (nSPS) is 18.5. The van der Waals surface area contributed by atoms with Gasteiger partial charge >= 0.3 is 0 Å². The van der Waals surface area contributed by atoms with Crippen LogP contribution in [0.3, 0.4) is 0 Å². The number of likely N-dealkylation sites (N-methyl/N-ethyl adjacent to an activating group) is 1. The van der Waals surface area contributed by atoms with Crippen molar-refractivity contribution in [2.45, 2.75) is 32.2 Å². The lowest BCUT2D eigenvalue weighted by molar-refractivity contribution is 0.0539. The Morgan fingerprint density at radius 3 is 2.79 bits per heavy atom. The summed E-state index contributed by atoms with van der Waals surface area (Å²) in [7, 11) is 0. The van der Waals surface area contributed by atoms with Gasteiger partial charge in [0, 0.05) is 29.8 Å². The highest BCUT2D eigenvalue weighted by atomic mass is 35.5. The van der Waals surface area contributed by atoms with Gasteiger partial charge in [-0.05, 0) is 43.9 Å². The van der Waals surface area contributed by atoms with Gasteiger partial charge in [-0.1, -0.05) is 24.6 Å². The molecule has 0 spiro atoms. The predicted octanol–water partition coefficient (Wildman–Crippen LogP) is 3.43. The first kappa shape index (κ1) is 14.8. The lowest BCUT2D eigenvalue weighted by Gasteiger charge is -2.31. The highest BCUT2D eigenvalue weighted by molar-refractivity contribution is 6.31. The zero-order valence-electron chi connectivity index (χ0n) is 11.3. The Morgan fingerprint density at radius 2 is 2.16 bits per heavy atom. The molecule has 0 radical (unpaired) electrons. The largest absolute Gasteiger partial charge is 0.381 e. The Balaban J connectivity index is 2.11. The van der Waals surface area contributed by atoms with E-state index in [-0.39, 0.29) is 11.9 Å². The van der Waals surface area contributed by atoms with E-state index >= 15 is 0 Å². The van der Waals surface area contributed by atoms with E-state index in [1.54, 1.807) is 12.1 Å². The molecule has 106 valence electrons. The van der Waals surface area contributed by atoms with Crippen molar-refractivity contribution in [2.24, 2.45) is 5.92 Å². The SMILES string of the molecule is CCNC(Cc1c(F)cccc1Cl)C1CCOCC1. The van der Waals surface area contributed by atoms with Crippen molar-refractivity contribution in [1.82, 2.24) is 5.32 Å². The van der Waals surface area contributed by atoms with Crippen LogP contribution in [0.25, 0.3) is 0 Å². The Morgan fingerprint density at radius 1 is 1.42 bits per heavy atom. The van der Waals surface area contributed by atoms with Crippen molar-refractivity contribution in [3.8, 4) is 0 Å². The Bertz CT molecular complexity index is 387. The van der Waals surface area contributed by atoms with Crippen molar-refractivity contribution in [2.75, 3.05) is 19.8 Å². The van der Waals surface area contributed by atoms with Crippen molar-refractivity contribution in [1.29, 1.82) is 0 Å². The Hall–Kier alpha value is -0.640. The lowest BCUT2D eigenvalue weighted by atomic mass is 9.87. The summed E-state index contributed by atoms with van der Waals surface area (Å²) in [6.07, 6.45) is 2.71. The van der Waals surface area contributed by atoms with E-state index in [2.05, 4.69) is 12.2 Å². The van der Waals surface area contributed by atoms with E-state index < -0.39 is 0 Å². The van der Waals surface area contributed by atoms with Crippen molar-refractivity contribution in [3.05, 3.63) is 34.6 Å². The van der Waals surface area contributed by atoms with Crippen molar-refractivity contribution < 1.29 is 9.13 Å². The highest BCUT2D eigenvalue weighted by Gasteiger charge is 2.25. The molecule has 0 saturated carbocycles. The van der Waals surface area contributed by atoms with E-state index in [4.69, 9.17) is 16.3 Å². The summed E-state index contributed by atoms with van der Waals surface area (Å²) in [6, 6.07) is 5.15. The molecule has 1 heterocycles. The van der Waals surface area contributed by atoms with Gasteiger partial charge < -0.3 is 10.1 Å². The van der Waals surface area contributed by atoms with Crippen LogP contribution in [0.1, 0.15) is 25.3 Å². The first-order valence-electron chi connectivity index (χ1n) is 6.96. The monoisotopic (exact) mass is 285 g/mol. The summed E-state index contributed by atoms with van der Waals surface area (Å²) in [6.45, 7) is 4.57. The standard InChI is InChI=1S/C15H21ClFNO/c1-2-18-15(11-6-8-19-9-7-11)10-12-13(16)4-3-5-14(12)17/h3-5,11,15,18H,2,6-10H2,1H3. The number of halogens is 2. The average Bonchev–Trinajstić information content (AvgIpc) is 2.43. The van der Waals surface area contributed by atoms with Crippen LogP contribution in [0, 0.1) is 11.7 Å². The van der Waals surface area contributed by atoms with Gasteiger partial charge in [0.1, 0.15) is 5.82 Å². The maximum absolute atomic E-state index is 13.9. The summed E-state index contributed by atoms with van der Waals surface area (Å²) >= 11 is 6.12. The number of hydrogen-bond donors (Lipinski definition) is 1. The minimum Gasteiger partial charge on any atom is -0.381 e. The zero-order valence-corrected chi connectivity index (χ0v) is 12.0. The van der Waals surface area contributed by atoms with Crippen LogP contribution in [-0.4, -0.2) is 25.8 Å². The fraction of sp³-hybridized carbons (Fsp3) is 0.600. The predicted molar refractivity (Wildman–Crippen MR) is 76.1 cm³/mol. The molecule has 1 N–H and O–H groups in total. The molecule has 1 aliphatic rings. The van der Waals surface area contributed by atoms with Gasteiger partial charge in [-0.2, -0.15) is 0 Å². The molecule has 4 heteroatoms. The summed E-state index contributed by atoms with van der Waals surface area (Å²) in [4.78, 5) is 0. The van der Waals surface area contributed by atoms with Crippen LogP contribution < -0.4 is 5.32 Å². The van der Waals surface area contributed by atoms with E-state index in [9.17, 15) is 4.39 Å². The summed E-state index contributed by atoms with van der Waals surface area (Å²) in [5, 5.41) is 4.00. The smallest absolute Gasteiger partial charge is 0.127 e. The molecule has 1 aromatic carbocycles. The minimum atomic E-state index is -0.206. The summed E-state index contributed by atoms with van der Waals surface area (Å²) in [5.74, 6) is 0.326. The average molecular weight is 286 g/mol. The van der Waals surface area contributed by atoms with E-state index in [0.29, 0.717) is 22.9 Å². The fourth-order valence-electron chi connectivity index (χ4n) is 2.73. The molecule has 0 amide bonds. The molecule has 0 aliphatic carbocycles. The number of ether oxygens (including phenoxy) is 1. The second kappa shape index (κ2) is 7.22. The minimum absolute atomic E-state index is 0.206. The van der Waals surface area contributed by atoms with Gasteiger partial charge in [0.15, 0.2) is 0 Å². The third-order valence-electron chi connectivity index (χ3n) is 3.79. The number of benzene rings is 1. The molecule has 1 saturated heterocycles. The van der Waals surface area contributed by atoms with Crippen LogP contribution in [0.2, 0.25) is 5.02 Å². The Labute approximate surface area is 119 Å². The molecule has 1 unspecified atom stereocenters. The van der Waals surface area contributed by atoms with Gasteiger partial charge in [0.2, 0.25) is 0 Å². The molecule has 1 atom stereocenters. The molecule has 1 aromatic rings. The molecular weight excluding hydrogens is 265 g/mol. The van der Waals surface area contributed by atoms with E-state index in [1.165, 1.54) is 6.07 Å². The second-order valence-electron chi connectivity index (χ2n) is 5.02. The fourth-order valence-corrected chi connectivity index (χ4v) is 2.97. The Kier molecular flexibility index (Phi) is 5.61. The van der Waals surface area contributed by atoms with Crippen LogP contribution in [0.15, 0.2) is 18.2 Å².